The van der Waals surface area contributed by atoms with Crippen molar-refractivity contribution >= 4 is 22.7 Å². The Kier molecular flexibility index (Phi) is 4.51. The maximum absolute atomic E-state index is 12.6. The minimum absolute atomic E-state index is 0.0102. The molecule has 2 aromatic carbocycles. The van der Waals surface area contributed by atoms with E-state index < -0.39 is 5.76 Å². The van der Waals surface area contributed by atoms with Gasteiger partial charge in [-0.2, -0.15) is 0 Å². The molecule has 0 aliphatic rings. The summed E-state index contributed by atoms with van der Waals surface area (Å²) in [5.74, 6) is -0.438. The van der Waals surface area contributed by atoms with Crippen LogP contribution in [0.3, 0.4) is 0 Å². The van der Waals surface area contributed by atoms with Crippen LogP contribution < -0.4 is 10.7 Å². The van der Waals surface area contributed by atoms with Crippen molar-refractivity contribution in [3.05, 3.63) is 64.6 Å². The molecule has 5 heteroatoms. The number of amides is 1. The molecule has 1 aromatic heterocycles. The number of anilines is 1. The Morgan fingerprint density at radius 2 is 1.83 bits per heavy atom. The fraction of sp³-hybridized carbons (Fsp3) is 0.263. The molecule has 1 heterocycles. The number of carbonyl (C=O) groups excluding carboxylic acids is 1. The van der Waals surface area contributed by atoms with E-state index in [0.717, 1.165) is 11.3 Å². The highest BCUT2D eigenvalue weighted by atomic mass is 16.4. The van der Waals surface area contributed by atoms with E-state index in [0.29, 0.717) is 24.2 Å². The average Bonchev–Trinajstić information content (AvgIpc) is 2.90. The van der Waals surface area contributed by atoms with Gasteiger partial charge >= 0.3 is 5.76 Å². The zero-order valence-corrected chi connectivity index (χ0v) is 13.9. The number of aryl methyl sites for hydroxylation is 2. The molecule has 124 valence electrons. The molecule has 0 saturated carbocycles. The molecule has 0 aliphatic heterocycles. The SMILES string of the molecule is CCN(C(=O)CCn1c(=O)oc2ccccc21)c1ccccc1C. The van der Waals surface area contributed by atoms with Gasteiger partial charge in [-0.3, -0.25) is 9.36 Å². The molecule has 0 unspecified atom stereocenters. The molecule has 24 heavy (non-hydrogen) atoms. The first-order valence-corrected chi connectivity index (χ1v) is 8.06. The molecule has 0 saturated heterocycles. The number of para-hydroxylation sites is 3. The second-order valence-corrected chi connectivity index (χ2v) is 5.66. The number of fused-ring (bicyclic) bond motifs is 1. The lowest BCUT2D eigenvalue weighted by Gasteiger charge is -2.23. The van der Waals surface area contributed by atoms with Gasteiger partial charge in [-0.15, -0.1) is 0 Å². The quantitative estimate of drug-likeness (QED) is 0.723. The van der Waals surface area contributed by atoms with Crippen LogP contribution in [-0.2, 0) is 11.3 Å². The van der Waals surface area contributed by atoms with Crippen molar-refractivity contribution in [2.24, 2.45) is 0 Å². The highest BCUT2D eigenvalue weighted by molar-refractivity contribution is 5.94. The van der Waals surface area contributed by atoms with Gasteiger partial charge in [0.05, 0.1) is 5.52 Å². The maximum atomic E-state index is 12.6. The summed E-state index contributed by atoms with van der Waals surface area (Å²) in [6.07, 6.45) is 0.242. The fourth-order valence-corrected chi connectivity index (χ4v) is 2.92. The lowest BCUT2D eigenvalue weighted by molar-refractivity contribution is -0.118. The topological polar surface area (TPSA) is 55.5 Å². The Labute approximate surface area is 140 Å². The Hall–Kier alpha value is -2.82. The van der Waals surface area contributed by atoms with Gasteiger partial charge in [0.25, 0.3) is 0 Å². The third kappa shape index (κ3) is 2.97. The minimum atomic E-state index is -0.428. The summed E-state index contributed by atoms with van der Waals surface area (Å²) in [7, 11) is 0. The van der Waals surface area contributed by atoms with Crippen LogP contribution in [0.25, 0.3) is 11.1 Å². The Bertz CT molecular complexity index is 924. The Morgan fingerprint density at radius 1 is 1.12 bits per heavy atom. The van der Waals surface area contributed by atoms with E-state index in [-0.39, 0.29) is 12.3 Å². The summed E-state index contributed by atoms with van der Waals surface area (Å²) in [5.41, 5.74) is 3.23. The van der Waals surface area contributed by atoms with Crippen LogP contribution in [0.15, 0.2) is 57.7 Å². The van der Waals surface area contributed by atoms with Gasteiger partial charge in [0.1, 0.15) is 0 Å². The predicted octanol–water partition coefficient (Wildman–Crippen LogP) is 3.35. The summed E-state index contributed by atoms with van der Waals surface area (Å²) >= 11 is 0. The second-order valence-electron chi connectivity index (χ2n) is 5.66. The van der Waals surface area contributed by atoms with E-state index in [1.807, 2.05) is 56.3 Å². The summed E-state index contributed by atoms with van der Waals surface area (Å²) in [4.78, 5) is 26.4. The minimum Gasteiger partial charge on any atom is -0.408 e. The summed E-state index contributed by atoms with van der Waals surface area (Å²) < 4.78 is 6.72. The van der Waals surface area contributed by atoms with Crippen LogP contribution >= 0.6 is 0 Å². The maximum Gasteiger partial charge on any atom is 0.419 e. The number of hydrogen-bond acceptors (Lipinski definition) is 3. The third-order valence-electron chi connectivity index (χ3n) is 4.15. The van der Waals surface area contributed by atoms with E-state index in [2.05, 4.69) is 0 Å². The number of aromatic nitrogens is 1. The molecule has 5 nitrogen and oxygen atoms in total. The second kappa shape index (κ2) is 6.74. The molecule has 0 bridgehead atoms. The molecule has 0 N–H and O–H groups in total. The average molecular weight is 324 g/mol. The molecule has 0 radical (unpaired) electrons. The molecule has 0 atom stereocenters. The van der Waals surface area contributed by atoms with Gasteiger partial charge in [0, 0.05) is 25.2 Å². The normalized spacial score (nSPS) is 10.9. The number of nitrogens with zero attached hydrogens (tertiary/aromatic N) is 2. The summed E-state index contributed by atoms with van der Waals surface area (Å²) in [5, 5.41) is 0. The Balaban J connectivity index is 1.80. The van der Waals surface area contributed by atoms with Crippen LogP contribution in [0.5, 0.6) is 0 Å². The number of rotatable bonds is 5. The Morgan fingerprint density at radius 3 is 2.58 bits per heavy atom. The van der Waals surface area contributed by atoms with Crippen molar-refractivity contribution in [1.29, 1.82) is 0 Å². The predicted molar refractivity (Wildman–Crippen MR) is 94.3 cm³/mol. The van der Waals surface area contributed by atoms with Crippen LogP contribution in [0.2, 0.25) is 0 Å². The summed E-state index contributed by atoms with van der Waals surface area (Å²) in [6.45, 7) is 4.82. The zero-order valence-electron chi connectivity index (χ0n) is 13.9. The van der Waals surface area contributed by atoms with E-state index in [4.69, 9.17) is 4.42 Å². The van der Waals surface area contributed by atoms with Crippen molar-refractivity contribution in [2.45, 2.75) is 26.8 Å². The van der Waals surface area contributed by atoms with Crippen molar-refractivity contribution < 1.29 is 9.21 Å². The van der Waals surface area contributed by atoms with E-state index >= 15 is 0 Å². The van der Waals surface area contributed by atoms with Crippen molar-refractivity contribution in [1.82, 2.24) is 4.57 Å². The highest BCUT2D eigenvalue weighted by Gasteiger charge is 2.17. The first-order chi connectivity index (χ1) is 11.6. The van der Waals surface area contributed by atoms with Crippen LogP contribution in [-0.4, -0.2) is 17.0 Å². The summed E-state index contributed by atoms with van der Waals surface area (Å²) in [6, 6.07) is 15.0. The van der Waals surface area contributed by atoms with Gasteiger partial charge in [-0.25, -0.2) is 4.79 Å². The molecular weight excluding hydrogens is 304 g/mol. The largest absolute Gasteiger partial charge is 0.419 e. The van der Waals surface area contributed by atoms with Gasteiger partial charge in [0.2, 0.25) is 5.91 Å². The first kappa shape index (κ1) is 16.1. The number of benzene rings is 2. The van der Waals surface area contributed by atoms with Crippen molar-refractivity contribution in [2.75, 3.05) is 11.4 Å². The number of carbonyl (C=O) groups is 1. The molecule has 1 amide bonds. The monoisotopic (exact) mass is 324 g/mol. The van der Waals surface area contributed by atoms with Crippen molar-refractivity contribution in [3.63, 3.8) is 0 Å². The molecule has 0 aliphatic carbocycles. The van der Waals surface area contributed by atoms with E-state index in [1.54, 1.807) is 11.0 Å². The van der Waals surface area contributed by atoms with E-state index in [9.17, 15) is 9.59 Å². The van der Waals surface area contributed by atoms with Crippen LogP contribution in [0.4, 0.5) is 5.69 Å². The van der Waals surface area contributed by atoms with Gasteiger partial charge < -0.3 is 9.32 Å². The highest BCUT2D eigenvalue weighted by Crippen LogP contribution is 2.20. The lowest BCUT2D eigenvalue weighted by atomic mass is 10.1. The molecule has 0 spiro atoms. The molecular formula is C19H20N2O3. The van der Waals surface area contributed by atoms with Crippen LogP contribution in [0.1, 0.15) is 18.9 Å². The number of oxazole rings is 1. The lowest BCUT2D eigenvalue weighted by Crippen LogP contribution is -2.32. The van der Waals surface area contributed by atoms with Crippen molar-refractivity contribution in [3.8, 4) is 0 Å². The van der Waals surface area contributed by atoms with Gasteiger partial charge in [-0.05, 0) is 37.6 Å². The molecule has 3 aromatic rings. The van der Waals surface area contributed by atoms with E-state index in [1.165, 1.54) is 4.57 Å². The molecule has 3 rings (SSSR count). The fourth-order valence-electron chi connectivity index (χ4n) is 2.92. The zero-order chi connectivity index (χ0) is 17.1. The number of hydrogen-bond donors (Lipinski definition) is 0. The van der Waals surface area contributed by atoms with Crippen LogP contribution in [0, 0.1) is 6.92 Å². The molecule has 0 fully saturated rings. The smallest absolute Gasteiger partial charge is 0.408 e. The third-order valence-corrected chi connectivity index (χ3v) is 4.15. The van der Waals surface area contributed by atoms with Gasteiger partial charge in [0.15, 0.2) is 5.58 Å². The first-order valence-electron chi connectivity index (χ1n) is 8.06. The van der Waals surface area contributed by atoms with Gasteiger partial charge in [-0.1, -0.05) is 30.3 Å². The standard InChI is InChI=1S/C19H20N2O3/c1-3-20(15-9-5-4-8-14(15)2)18(22)12-13-21-16-10-6-7-11-17(16)24-19(21)23/h4-11H,3,12-13H2,1-2H3.